The predicted molar refractivity (Wildman–Crippen MR) is 73.6 cm³/mol. The molecule has 1 aliphatic rings. The Bertz CT molecular complexity index is 396. The van der Waals surface area contributed by atoms with Crippen LogP contribution in [0.4, 0.5) is 0 Å². The van der Waals surface area contributed by atoms with Gasteiger partial charge < -0.3 is 9.47 Å². The van der Waals surface area contributed by atoms with Crippen molar-refractivity contribution in [2.75, 3.05) is 13.7 Å². The summed E-state index contributed by atoms with van der Waals surface area (Å²) < 4.78 is 10.5. The molecule has 0 aromatic heterocycles. The maximum Gasteiger partial charge on any atom is 0.311 e. The second kappa shape index (κ2) is 6.71. The molecule has 0 N–H and O–H groups in total. The van der Waals surface area contributed by atoms with E-state index in [0.29, 0.717) is 13.2 Å². The van der Waals surface area contributed by atoms with E-state index in [-0.39, 0.29) is 11.4 Å². The minimum absolute atomic E-state index is 0.0400. The normalized spacial score (nSPS) is 16.7. The van der Waals surface area contributed by atoms with E-state index in [0.717, 1.165) is 32.1 Å². The summed E-state index contributed by atoms with van der Waals surface area (Å²) in [5.74, 6) is -0.0400. The Morgan fingerprint density at radius 1 is 1.26 bits per heavy atom. The SMILES string of the molecule is COC(=O)C1(CCCOCc2ccccc2)CCC1. The molecule has 3 nitrogen and oxygen atoms in total. The molecule has 1 aromatic rings. The summed E-state index contributed by atoms with van der Waals surface area (Å²) in [6.45, 7) is 1.35. The Morgan fingerprint density at radius 2 is 2.00 bits per heavy atom. The Labute approximate surface area is 114 Å². The molecule has 0 aliphatic heterocycles. The van der Waals surface area contributed by atoms with Crippen LogP contribution in [0.1, 0.15) is 37.7 Å². The second-order valence-corrected chi connectivity index (χ2v) is 5.27. The van der Waals surface area contributed by atoms with Crippen molar-refractivity contribution in [2.24, 2.45) is 5.41 Å². The van der Waals surface area contributed by atoms with E-state index in [4.69, 9.17) is 9.47 Å². The highest BCUT2D eigenvalue weighted by atomic mass is 16.5. The fraction of sp³-hybridized carbons (Fsp3) is 0.562. The Morgan fingerprint density at radius 3 is 2.58 bits per heavy atom. The number of hydrogen-bond acceptors (Lipinski definition) is 3. The molecule has 0 atom stereocenters. The number of hydrogen-bond donors (Lipinski definition) is 0. The molecule has 0 saturated heterocycles. The van der Waals surface area contributed by atoms with Crippen LogP contribution < -0.4 is 0 Å². The monoisotopic (exact) mass is 262 g/mol. The average Bonchev–Trinajstić information content (AvgIpc) is 2.41. The number of ether oxygens (including phenoxy) is 2. The van der Waals surface area contributed by atoms with Gasteiger partial charge in [0.15, 0.2) is 0 Å². The molecule has 1 aromatic carbocycles. The summed E-state index contributed by atoms with van der Waals surface area (Å²) in [5, 5.41) is 0. The first-order valence-corrected chi connectivity index (χ1v) is 6.97. The average molecular weight is 262 g/mol. The quantitative estimate of drug-likeness (QED) is 0.558. The number of esters is 1. The fourth-order valence-electron chi connectivity index (χ4n) is 2.65. The highest BCUT2D eigenvalue weighted by molar-refractivity contribution is 5.77. The Balaban J connectivity index is 1.65. The van der Waals surface area contributed by atoms with Gasteiger partial charge in [-0.3, -0.25) is 4.79 Å². The lowest BCUT2D eigenvalue weighted by atomic mass is 9.66. The zero-order valence-corrected chi connectivity index (χ0v) is 11.6. The van der Waals surface area contributed by atoms with Gasteiger partial charge in [0.25, 0.3) is 0 Å². The van der Waals surface area contributed by atoms with Crippen molar-refractivity contribution in [1.82, 2.24) is 0 Å². The zero-order valence-electron chi connectivity index (χ0n) is 11.6. The van der Waals surface area contributed by atoms with Crippen LogP contribution in [-0.4, -0.2) is 19.7 Å². The van der Waals surface area contributed by atoms with Crippen LogP contribution in [0.25, 0.3) is 0 Å². The van der Waals surface area contributed by atoms with Gasteiger partial charge in [0.05, 0.1) is 19.1 Å². The van der Waals surface area contributed by atoms with E-state index in [9.17, 15) is 4.79 Å². The summed E-state index contributed by atoms with van der Waals surface area (Å²) in [5.41, 5.74) is 0.985. The highest BCUT2D eigenvalue weighted by Gasteiger charge is 2.44. The summed E-state index contributed by atoms with van der Waals surface area (Å²) in [7, 11) is 1.48. The van der Waals surface area contributed by atoms with Crippen LogP contribution in [0.5, 0.6) is 0 Å². The van der Waals surface area contributed by atoms with Crippen molar-refractivity contribution in [2.45, 2.75) is 38.7 Å². The van der Waals surface area contributed by atoms with Crippen LogP contribution in [-0.2, 0) is 20.9 Å². The van der Waals surface area contributed by atoms with Crippen molar-refractivity contribution in [1.29, 1.82) is 0 Å². The van der Waals surface area contributed by atoms with Gasteiger partial charge in [-0.1, -0.05) is 36.8 Å². The van der Waals surface area contributed by atoms with Crippen molar-refractivity contribution >= 4 is 5.97 Å². The zero-order chi connectivity index (χ0) is 13.6. The lowest BCUT2D eigenvalue weighted by Crippen LogP contribution is -2.39. The smallest absolute Gasteiger partial charge is 0.311 e. The van der Waals surface area contributed by atoms with Crippen LogP contribution in [0.3, 0.4) is 0 Å². The second-order valence-electron chi connectivity index (χ2n) is 5.27. The molecule has 0 bridgehead atoms. The minimum Gasteiger partial charge on any atom is -0.469 e. The summed E-state index contributed by atoms with van der Waals surface area (Å²) in [6, 6.07) is 10.1. The molecular formula is C16H22O3. The molecule has 0 amide bonds. The van der Waals surface area contributed by atoms with Crippen LogP contribution in [0.15, 0.2) is 30.3 Å². The van der Waals surface area contributed by atoms with Gasteiger partial charge in [-0.2, -0.15) is 0 Å². The number of carbonyl (C=O) groups excluding carboxylic acids is 1. The molecule has 0 radical (unpaired) electrons. The van der Waals surface area contributed by atoms with Gasteiger partial charge in [0, 0.05) is 6.61 Å². The lowest BCUT2D eigenvalue weighted by molar-refractivity contribution is -0.159. The van der Waals surface area contributed by atoms with Crippen LogP contribution >= 0.6 is 0 Å². The van der Waals surface area contributed by atoms with E-state index < -0.39 is 0 Å². The maximum absolute atomic E-state index is 11.7. The standard InChI is InChI=1S/C16H22O3/c1-18-15(17)16(9-5-10-16)11-6-12-19-13-14-7-3-2-4-8-14/h2-4,7-8H,5-6,9-13H2,1H3. The molecule has 2 rings (SSSR count). The van der Waals surface area contributed by atoms with E-state index in [1.807, 2.05) is 18.2 Å². The first-order chi connectivity index (χ1) is 9.27. The van der Waals surface area contributed by atoms with E-state index in [1.54, 1.807) is 0 Å². The number of methoxy groups -OCH3 is 1. The fourth-order valence-corrected chi connectivity index (χ4v) is 2.65. The molecule has 104 valence electrons. The van der Waals surface area contributed by atoms with Gasteiger partial charge in [-0.05, 0) is 31.2 Å². The molecule has 0 unspecified atom stereocenters. The van der Waals surface area contributed by atoms with Gasteiger partial charge in [-0.15, -0.1) is 0 Å². The summed E-state index contributed by atoms with van der Waals surface area (Å²) in [6.07, 6.45) is 4.88. The topological polar surface area (TPSA) is 35.5 Å². The van der Waals surface area contributed by atoms with E-state index in [2.05, 4.69) is 12.1 Å². The summed E-state index contributed by atoms with van der Waals surface area (Å²) >= 11 is 0. The number of benzene rings is 1. The first-order valence-electron chi connectivity index (χ1n) is 6.97. The highest BCUT2D eigenvalue weighted by Crippen LogP contribution is 2.45. The van der Waals surface area contributed by atoms with Crippen molar-refractivity contribution in [3.05, 3.63) is 35.9 Å². The van der Waals surface area contributed by atoms with Gasteiger partial charge in [0.2, 0.25) is 0 Å². The molecule has 1 fully saturated rings. The van der Waals surface area contributed by atoms with Crippen molar-refractivity contribution < 1.29 is 14.3 Å². The third-order valence-corrected chi connectivity index (χ3v) is 3.98. The van der Waals surface area contributed by atoms with Gasteiger partial charge in [-0.25, -0.2) is 0 Å². The molecule has 1 saturated carbocycles. The Kier molecular flexibility index (Phi) is 4.97. The maximum atomic E-state index is 11.7. The molecule has 0 heterocycles. The third kappa shape index (κ3) is 3.57. The minimum atomic E-state index is -0.204. The number of carbonyl (C=O) groups is 1. The van der Waals surface area contributed by atoms with E-state index >= 15 is 0 Å². The molecule has 3 heteroatoms. The Hall–Kier alpha value is -1.35. The predicted octanol–water partition coefficient (Wildman–Crippen LogP) is 3.33. The third-order valence-electron chi connectivity index (χ3n) is 3.98. The summed E-state index contributed by atoms with van der Waals surface area (Å²) in [4.78, 5) is 11.7. The first kappa shape index (κ1) is 14.1. The van der Waals surface area contributed by atoms with Crippen LogP contribution in [0.2, 0.25) is 0 Å². The molecule has 1 aliphatic carbocycles. The largest absolute Gasteiger partial charge is 0.469 e. The molecule has 0 spiro atoms. The number of rotatable bonds is 7. The van der Waals surface area contributed by atoms with Crippen molar-refractivity contribution in [3.63, 3.8) is 0 Å². The lowest BCUT2D eigenvalue weighted by Gasteiger charge is -2.38. The van der Waals surface area contributed by atoms with Crippen molar-refractivity contribution in [3.8, 4) is 0 Å². The van der Waals surface area contributed by atoms with Gasteiger partial charge in [0.1, 0.15) is 0 Å². The van der Waals surface area contributed by atoms with Gasteiger partial charge >= 0.3 is 5.97 Å². The molecule has 19 heavy (non-hydrogen) atoms. The molecular weight excluding hydrogens is 240 g/mol. The van der Waals surface area contributed by atoms with Crippen LogP contribution in [0, 0.1) is 5.41 Å². The van der Waals surface area contributed by atoms with E-state index in [1.165, 1.54) is 12.7 Å².